The summed E-state index contributed by atoms with van der Waals surface area (Å²) in [6.07, 6.45) is 0.156. The average molecular weight is 426 g/mol. The van der Waals surface area contributed by atoms with Gasteiger partial charge < -0.3 is 19.7 Å². The quantitative estimate of drug-likeness (QED) is 0.683. The summed E-state index contributed by atoms with van der Waals surface area (Å²) in [6.45, 7) is 4.07. The number of carbonyl (C=O) groups excluding carboxylic acids is 2. The van der Waals surface area contributed by atoms with Crippen molar-refractivity contribution in [1.29, 1.82) is 0 Å². The highest BCUT2D eigenvalue weighted by Crippen LogP contribution is 2.23. The van der Waals surface area contributed by atoms with Gasteiger partial charge in [0.1, 0.15) is 0 Å². The van der Waals surface area contributed by atoms with E-state index in [-0.39, 0.29) is 29.2 Å². The van der Waals surface area contributed by atoms with Crippen LogP contribution in [0.2, 0.25) is 0 Å². The van der Waals surface area contributed by atoms with Crippen molar-refractivity contribution in [2.24, 2.45) is 5.92 Å². The zero-order valence-electron chi connectivity index (χ0n) is 16.7. The Hall–Kier alpha value is -2.01. The number of benzene rings is 1. The van der Waals surface area contributed by atoms with E-state index in [4.69, 9.17) is 9.47 Å². The summed E-state index contributed by atoms with van der Waals surface area (Å²) >= 11 is 0. The summed E-state index contributed by atoms with van der Waals surface area (Å²) in [5.41, 5.74) is 0.492. The first-order valence-electron chi connectivity index (χ1n) is 9.60. The molecule has 29 heavy (non-hydrogen) atoms. The van der Waals surface area contributed by atoms with Gasteiger partial charge >= 0.3 is 0 Å². The maximum Gasteiger partial charge on any atom is 0.243 e. The van der Waals surface area contributed by atoms with Crippen LogP contribution >= 0.6 is 0 Å². The number of carbonyl (C=O) groups is 2. The lowest BCUT2D eigenvalue weighted by atomic mass is 10.1. The second-order valence-corrected chi connectivity index (χ2v) is 9.22. The smallest absolute Gasteiger partial charge is 0.243 e. The molecule has 160 valence electrons. The number of ether oxygens (including phenoxy) is 2. The van der Waals surface area contributed by atoms with E-state index in [1.165, 1.54) is 16.4 Å². The van der Waals surface area contributed by atoms with Crippen molar-refractivity contribution in [3.63, 3.8) is 0 Å². The van der Waals surface area contributed by atoms with E-state index in [1.54, 1.807) is 24.1 Å². The molecule has 2 atom stereocenters. The van der Waals surface area contributed by atoms with Gasteiger partial charge in [0.15, 0.2) is 0 Å². The molecule has 2 aliphatic heterocycles. The summed E-state index contributed by atoms with van der Waals surface area (Å²) < 4.78 is 37.0. The molecule has 0 radical (unpaired) electrons. The minimum atomic E-state index is -3.58. The lowest BCUT2D eigenvalue weighted by Crippen LogP contribution is -2.40. The van der Waals surface area contributed by atoms with Gasteiger partial charge in [-0.05, 0) is 31.2 Å². The Morgan fingerprint density at radius 3 is 2.55 bits per heavy atom. The van der Waals surface area contributed by atoms with E-state index in [9.17, 15) is 18.0 Å². The Labute approximate surface area is 171 Å². The number of nitrogens with zero attached hydrogens (tertiary/aromatic N) is 2. The molecule has 1 aromatic rings. The number of hydrogen-bond acceptors (Lipinski definition) is 6. The normalized spacial score (nSPS) is 21.9. The molecule has 0 aliphatic carbocycles. The molecule has 2 amide bonds. The first kappa shape index (κ1) is 21.7. The number of methoxy groups -OCH3 is 1. The zero-order chi connectivity index (χ0) is 21.0. The molecule has 0 unspecified atom stereocenters. The lowest BCUT2D eigenvalue weighted by Gasteiger charge is -2.26. The van der Waals surface area contributed by atoms with E-state index in [0.29, 0.717) is 45.1 Å². The Morgan fingerprint density at radius 1 is 1.28 bits per heavy atom. The van der Waals surface area contributed by atoms with Crippen molar-refractivity contribution in [3.05, 3.63) is 24.3 Å². The molecule has 9 nitrogen and oxygen atoms in total. The van der Waals surface area contributed by atoms with Gasteiger partial charge in [0.05, 0.1) is 36.7 Å². The third-order valence-electron chi connectivity index (χ3n) is 5.20. The van der Waals surface area contributed by atoms with Crippen molar-refractivity contribution in [1.82, 2.24) is 9.21 Å². The van der Waals surface area contributed by atoms with Crippen LogP contribution < -0.4 is 5.32 Å². The fourth-order valence-electron chi connectivity index (χ4n) is 3.55. The summed E-state index contributed by atoms with van der Waals surface area (Å²) in [5, 5.41) is 2.78. The minimum absolute atomic E-state index is 0.0679. The fraction of sp³-hybridized carbons (Fsp3) is 0.579. The van der Waals surface area contributed by atoms with Gasteiger partial charge in [-0.2, -0.15) is 4.31 Å². The number of sulfonamides is 1. The summed E-state index contributed by atoms with van der Waals surface area (Å²) in [4.78, 5) is 26.6. The van der Waals surface area contributed by atoms with E-state index in [0.717, 1.165) is 0 Å². The van der Waals surface area contributed by atoms with Gasteiger partial charge in [0.2, 0.25) is 21.8 Å². The zero-order valence-corrected chi connectivity index (χ0v) is 17.5. The van der Waals surface area contributed by atoms with Crippen LogP contribution in [0.4, 0.5) is 5.69 Å². The molecule has 2 fully saturated rings. The molecular formula is C19H27N3O6S. The number of hydrogen-bond donors (Lipinski definition) is 1. The van der Waals surface area contributed by atoms with Crippen molar-refractivity contribution in [3.8, 4) is 0 Å². The molecule has 2 saturated heterocycles. The Kier molecular flexibility index (Phi) is 6.89. The van der Waals surface area contributed by atoms with E-state index in [1.807, 2.05) is 6.92 Å². The van der Waals surface area contributed by atoms with Crippen molar-refractivity contribution < 1.29 is 27.5 Å². The standard InChI is InChI=1S/C19H27N3O6S/c1-14(13-27-2)22-12-15(11-18(22)23)19(24)20-16-3-5-17(6-4-16)29(25,26)21-7-9-28-10-8-21/h3-6,14-15H,7-13H2,1-2H3,(H,20,24)/t14-,15-/m0/s1. The van der Waals surface area contributed by atoms with Gasteiger partial charge in [-0.25, -0.2) is 8.42 Å². The van der Waals surface area contributed by atoms with Crippen molar-refractivity contribution in [2.45, 2.75) is 24.3 Å². The average Bonchev–Trinajstić information content (AvgIpc) is 3.11. The molecule has 2 heterocycles. The minimum Gasteiger partial charge on any atom is -0.383 e. The predicted molar refractivity (Wildman–Crippen MR) is 106 cm³/mol. The third kappa shape index (κ3) is 4.95. The second kappa shape index (κ2) is 9.21. The first-order valence-corrected chi connectivity index (χ1v) is 11.0. The first-order chi connectivity index (χ1) is 13.8. The van der Waals surface area contributed by atoms with E-state index in [2.05, 4.69) is 5.32 Å². The molecule has 0 spiro atoms. The Morgan fingerprint density at radius 2 is 1.93 bits per heavy atom. The number of rotatable bonds is 7. The van der Waals surface area contributed by atoms with Gasteiger partial charge in [-0.3, -0.25) is 9.59 Å². The molecule has 0 bridgehead atoms. The van der Waals surface area contributed by atoms with Crippen LogP contribution in [-0.4, -0.2) is 82.0 Å². The summed E-state index contributed by atoms with van der Waals surface area (Å²) in [6, 6.07) is 6.00. The molecule has 0 saturated carbocycles. The van der Waals surface area contributed by atoms with Gasteiger partial charge in [0, 0.05) is 38.9 Å². The molecule has 1 N–H and O–H groups in total. The highest BCUT2D eigenvalue weighted by molar-refractivity contribution is 7.89. The van der Waals surface area contributed by atoms with Crippen molar-refractivity contribution >= 4 is 27.5 Å². The molecule has 2 aliphatic rings. The van der Waals surface area contributed by atoms with Crippen LogP contribution in [0.3, 0.4) is 0 Å². The highest BCUT2D eigenvalue weighted by Gasteiger charge is 2.36. The largest absolute Gasteiger partial charge is 0.383 e. The van der Waals surface area contributed by atoms with Crippen LogP contribution in [0.1, 0.15) is 13.3 Å². The Balaban J connectivity index is 1.61. The summed E-state index contributed by atoms with van der Waals surface area (Å²) in [7, 11) is -2.00. The van der Waals surface area contributed by atoms with E-state index >= 15 is 0 Å². The predicted octanol–water partition coefficient (Wildman–Crippen LogP) is 0.529. The van der Waals surface area contributed by atoms with Gasteiger partial charge in [-0.1, -0.05) is 0 Å². The summed E-state index contributed by atoms with van der Waals surface area (Å²) in [5.74, 6) is -0.769. The van der Waals surface area contributed by atoms with Crippen LogP contribution in [0, 0.1) is 5.92 Å². The maximum atomic E-state index is 12.6. The van der Waals surface area contributed by atoms with Crippen LogP contribution in [-0.2, 0) is 29.1 Å². The topological polar surface area (TPSA) is 105 Å². The second-order valence-electron chi connectivity index (χ2n) is 7.28. The number of likely N-dealkylation sites (tertiary alicyclic amines) is 1. The monoisotopic (exact) mass is 425 g/mol. The molecule has 10 heteroatoms. The van der Waals surface area contributed by atoms with Crippen molar-refractivity contribution in [2.75, 3.05) is 51.9 Å². The van der Waals surface area contributed by atoms with Crippen LogP contribution in [0.15, 0.2) is 29.2 Å². The van der Waals surface area contributed by atoms with Crippen LogP contribution in [0.25, 0.3) is 0 Å². The van der Waals surface area contributed by atoms with Crippen LogP contribution in [0.5, 0.6) is 0 Å². The number of amides is 2. The Bertz CT molecular complexity index is 836. The maximum absolute atomic E-state index is 12.6. The fourth-order valence-corrected chi connectivity index (χ4v) is 4.96. The van der Waals surface area contributed by atoms with E-state index < -0.39 is 15.9 Å². The number of nitrogens with one attached hydrogen (secondary N) is 1. The highest BCUT2D eigenvalue weighted by atomic mass is 32.2. The third-order valence-corrected chi connectivity index (χ3v) is 7.11. The van der Waals surface area contributed by atoms with Gasteiger partial charge in [-0.15, -0.1) is 0 Å². The SMILES string of the molecule is COC[C@H](C)N1C[C@@H](C(=O)Nc2ccc(S(=O)(=O)N3CCOCC3)cc2)CC1=O. The molecule has 1 aromatic carbocycles. The number of morpholine rings is 1. The molecule has 0 aromatic heterocycles. The van der Waals surface area contributed by atoms with Gasteiger partial charge in [0.25, 0.3) is 0 Å². The number of anilines is 1. The lowest BCUT2D eigenvalue weighted by molar-refractivity contribution is -0.130. The molecule has 3 rings (SSSR count). The molecular weight excluding hydrogens is 398 g/mol.